The van der Waals surface area contributed by atoms with Crippen LogP contribution in [0.3, 0.4) is 0 Å². The number of nitrogens with zero attached hydrogens (tertiary/aromatic N) is 2. The first-order chi connectivity index (χ1) is 6.34. The number of ether oxygens (including phenoxy) is 1. The number of aliphatic imine (C=N–C) groups is 1. The summed E-state index contributed by atoms with van der Waals surface area (Å²) < 4.78 is 5.20. The zero-order valence-electron chi connectivity index (χ0n) is 7.40. The van der Waals surface area contributed by atoms with Gasteiger partial charge in [-0.15, -0.1) is 0 Å². The van der Waals surface area contributed by atoms with Gasteiger partial charge in [-0.3, -0.25) is 4.98 Å². The van der Waals surface area contributed by atoms with E-state index in [9.17, 15) is 0 Å². The van der Waals surface area contributed by atoms with Gasteiger partial charge in [-0.25, -0.2) is 4.99 Å². The van der Waals surface area contributed by atoms with E-state index in [4.69, 9.17) is 4.74 Å². The molecule has 0 radical (unpaired) electrons. The lowest BCUT2D eigenvalue weighted by molar-refractivity contribution is 0.361. The molecular weight excluding hydrogens is 164 g/mol. The van der Waals surface area contributed by atoms with E-state index in [1.165, 1.54) is 0 Å². The maximum Gasteiger partial charge on any atom is 0.185 e. The normalized spacial score (nSPS) is 18.5. The monoisotopic (exact) mass is 174 g/mol. The molecular formula is C10H10N2O. The summed E-state index contributed by atoms with van der Waals surface area (Å²) in [5.74, 6) is 0.732. The minimum atomic E-state index is 0.570. The molecule has 2 rings (SSSR count). The molecule has 66 valence electrons. The number of rotatable bonds is 1. The molecule has 1 aliphatic heterocycles. The minimum absolute atomic E-state index is 0.570. The Morgan fingerprint density at radius 1 is 1.54 bits per heavy atom. The minimum Gasteiger partial charge on any atom is -0.474 e. The van der Waals surface area contributed by atoms with Crippen LogP contribution in [0.1, 0.15) is 12.5 Å². The highest BCUT2D eigenvalue weighted by atomic mass is 16.5. The van der Waals surface area contributed by atoms with E-state index in [1.807, 2.05) is 25.1 Å². The molecule has 0 aromatic carbocycles. The fraction of sp³-hybridized carbons (Fsp3) is 0.200. The van der Waals surface area contributed by atoms with Gasteiger partial charge in [0.15, 0.2) is 5.90 Å². The highest BCUT2D eigenvalue weighted by Gasteiger charge is 2.06. The van der Waals surface area contributed by atoms with E-state index >= 15 is 0 Å². The average Bonchev–Trinajstić information content (AvgIpc) is 2.53. The zero-order chi connectivity index (χ0) is 9.10. The molecule has 2 heterocycles. The lowest BCUT2D eigenvalue weighted by Crippen LogP contribution is -1.89. The molecule has 3 nitrogen and oxygen atoms in total. The van der Waals surface area contributed by atoms with Crippen molar-refractivity contribution < 1.29 is 4.74 Å². The summed E-state index contributed by atoms with van der Waals surface area (Å²) in [4.78, 5) is 8.22. The molecule has 0 amide bonds. The van der Waals surface area contributed by atoms with Crippen molar-refractivity contribution in [3.05, 3.63) is 35.8 Å². The highest BCUT2D eigenvalue weighted by molar-refractivity contribution is 5.78. The Hall–Kier alpha value is -1.64. The molecule has 0 spiro atoms. The van der Waals surface area contributed by atoms with Crippen LogP contribution in [0, 0.1) is 0 Å². The Labute approximate surface area is 76.8 Å². The molecule has 0 N–H and O–H groups in total. The summed E-state index contributed by atoms with van der Waals surface area (Å²) >= 11 is 0. The zero-order valence-corrected chi connectivity index (χ0v) is 7.40. The van der Waals surface area contributed by atoms with Crippen molar-refractivity contribution in [2.24, 2.45) is 4.99 Å². The van der Waals surface area contributed by atoms with Crippen LogP contribution >= 0.6 is 0 Å². The van der Waals surface area contributed by atoms with Crippen LogP contribution < -0.4 is 0 Å². The average molecular weight is 174 g/mol. The van der Waals surface area contributed by atoms with Gasteiger partial charge < -0.3 is 4.74 Å². The third-order valence-corrected chi connectivity index (χ3v) is 1.75. The molecule has 1 aromatic rings. The first kappa shape index (κ1) is 7.98. The summed E-state index contributed by atoms with van der Waals surface area (Å²) in [6.45, 7) is 2.42. The lowest BCUT2D eigenvalue weighted by Gasteiger charge is -1.92. The van der Waals surface area contributed by atoms with Gasteiger partial charge in [-0.2, -0.15) is 0 Å². The molecule has 0 aliphatic carbocycles. The quantitative estimate of drug-likeness (QED) is 0.651. The van der Waals surface area contributed by atoms with Gasteiger partial charge in [-0.1, -0.05) is 6.07 Å². The SMILES string of the molecule is CC1=N/C(=C\c2cccnc2)CO1. The number of pyridine rings is 1. The van der Waals surface area contributed by atoms with Crippen molar-refractivity contribution in [2.45, 2.75) is 6.92 Å². The number of aromatic nitrogens is 1. The van der Waals surface area contributed by atoms with Crippen molar-refractivity contribution in [1.29, 1.82) is 0 Å². The van der Waals surface area contributed by atoms with Crippen molar-refractivity contribution in [3.8, 4) is 0 Å². The number of hydrogen-bond donors (Lipinski definition) is 0. The van der Waals surface area contributed by atoms with Crippen LogP contribution in [-0.4, -0.2) is 17.5 Å². The summed E-state index contributed by atoms with van der Waals surface area (Å²) in [5, 5.41) is 0. The van der Waals surface area contributed by atoms with Crippen molar-refractivity contribution in [2.75, 3.05) is 6.61 Å². The second kappa shape index (κ2) is 3.39. The van der Waals surface area contributed by atoms with Gasteiger partial charge in [0.05, 0.1) is 5.70 Å². The third-order valence-electron chi connectivity index (χ3n) is 1.75. The molecule has 1 aliphatic rings. The maximum atomic E-state index is 5.20. The fourth-order valence-electron chi connectivity index (χ4n) is 1.17. The van der Waals surface area contributed by atoms with E-state index in [1.54, 1.807) is 12.4 Å². The molecule has 0 unspecified atom stereocenters. The maximum absolute atomic E-state index is 5.20. The Bertz CT molecular complexity index is 354. The summed E-state index contributed by atoms with van der Waals surface area (Å²) in [5.41, 5.74) is 2.00. The van der Waals surface area contributed by atoms with Gasteiger partial charge in [-0.05, 0) is 17.7 Å². The topological polar surface area (TPSA) is 34.5 Å². The van der Waals surface area contributed by atoms with Crippen LogP contribution in [-0.2, 0) is 4.74 Å². The molecule has 0 bridgehead atoms. The molecule has 13 heavy (non-hydrogen) atoms. The highest BCUT2D eigenvalue weighted by Crippen LogP contribution is 2.12. The Kier molecular flexibility index (Phi) is 2.08. The fourth-order valence-corrected chi connectivity index (χ4v) is 1.17. The predicted molar refractivity (Wildman–Crippen MR) is 51.3 cm³/mol. The van der Waals surface area contributed by atoms with Gasteiger partial charge >= 0.3 is 0 Å². The Morgan fingerprint density at radius 2 is 2.46 bits per heavy atom. The first-order valence-corrected chi connectivity index (χ1v) is 4.13. The second-order valence-electron chi connectivity index (χ2n) is 2.84. The standard InChI is InChI=1S/C10H10N2O/c1-8-12-10(7-13-8)5-9-3-2-4-11-6-9/h2-6H,7H2,1H3/b10-5-. The largest absolute Gasteiger partial charge is 0.474 e. The van der Waals surface area contributed by atoms with Crippen molar-refractivity contribution in [1.82, 2.24) is 4.98 Å². The van der Waals surface area contributed by atoms with E-state index in [0.717, 1.165) is 17.2 Å². The first-order valence-electron chi connectivity index (χ1n) is 4.13. The van der Waals surface area contributed by atoms with Gasteiger partial charge in [0, 0.05) is 19.3 Å². The molecule has 0 fully saturated rings. The predicted octanol–water partition coefficient (Wildman–Crippen LogP) is 1.87. The lowest BCUT2D eigenvalue weighted by atomic mass is 10.2. The van der Waals surface area contributed by atoms with Crippen LogP contribution in [0.25, 0.3) is 6.08 Å². The van der Waals surface area contributed by atoms with E-state index in [2.05, 4.69) is 9.98 Å². The smallest absolute Gasteiger partial charge is 0.185 e. The third kappa shape index (κ3) is 1.93. The summed E-state index contributed by atoms with van der Waals surface area (Å²) in [7, 11) is 0. The number of hydrogen-bond acceptors (Lipinski definition) is 3. The Morgan fingerprint density at radius 3 is 3.08 bits per heavy atom. The molecule has 3 heteroatoms. The van der Waals surface area contributed by atoms with Crippen molar-refractivity contribution >= 4 is 12.0 Å². The van der Waals surface area contributed by atoms with E-state index in [0.29, 0.717) is 6.61 Å². The second-order valence-corrected chi connectivity index (χ2v) is 2.84. The van der Waals surface area contributed by atoms with E-state index in [-0.39, 0.29) is 0 Å². The molecule has 0 saturated heterocycles. The van der Waals surface area contributed by atoms with Crippen LogP contribution in [0.5, 0.6) is 0 Å². The molecule has 0 saturated carbocycles. The van der Waals surface area contributed by atoms with Crippen molar-refractivity contribution in [3.63, 3.8) is 0 Å². The van der Waals surface area contributed by atoms with Crippen LogP contribution in [0.4, 0.5) is 0 Å². The van der Waals surface area contributed by atoms with Gasteiger partial charge in [0.1, 0.15) is 6.61 Å². The van der Waals surface area contributed by atoms with Crippen LogP contribution in [0.2, 0.25) is 0 Å². The van der Waals surface area contributed by atoms with Crippen LogP contribution in [0.15, 0.2) is 35.2 Å². The Balaban J connectivity index is 2.22. The van der Waals surface area contributed by atoms with E-state index < -0.39 is 0 Å². The summed E-state index contributed by atoms with van der Waals surface area (Å²) in [6, 6.07) is 3.89. The van der Waals surface area contributed by atoms with Gasteiger partial charge in [0.25, 0.3) is 0 Å². The summed E-state index contributed by atoms with van der Waals surface area (Å²) in [6.07, 6.45) is 5.53. The van der Waals surface area contributed by atoms with Gasteiger partial charge in [0.2, 0.25) is 0 Å². The molecule has 1 aromatic heterocycles. The molecule has 0 atom stereocenters.